The van der Waals surface area contributed by atoms with E-state index in [0.717, 1.165) is 28.6 Å². The third-order valence-corrected chi connectivity index (χ3v) is 7.97. The molecule has 1 aromatic carbocycles. The molecule has 3 heterocycles. The fourth-order valence-corrected chi connectivity index (χ4v) is 5.95. The number of benzene rings is 1. The maximum absolute atomic E-state index is 12.9. The largest absolute Gasteiger partial charge is 0.396 e. The van der Waals surface area contributed by atoms with Crippen LogP contribution in [0.2, 0.25) is 0 Å². The Balaban J connectivity index is 1.42. The summed E-state index contributed by atoms with van der Waals surface area (Å²) in [4.78, 5) is 15.1. The van der Waals surface area contributed by atoms with Crippen LogP contribution in [0.25, 0.3) is 10.2 Å². The van der Waals surface area contributed by atoms with Crippen LogP contribution < -0.4 is 10.5 Å². The molecular formula is C20H23N5O2S2. The number of carbonyl (C=O) groups is 1. The van der Waals surface area contributed by atoms with Crippen molar-refractivity contribution in [3.8, 4) is 0 Å². The first-order chi connectivity index (χ1) is 13.9. The van der Waals surface area contributed by atoms with Gasteiger partial charge in [0, 0.05) is 24.5 Å². The van der Waals surface area contributed by atoms with Crippen molar-refractivity contribution >= 4 is 44.1 Å². The van der Waals surface area contributed by atoms with Gasteiger partial charge in [-0.05, 0) is 31.4 Å². The number of fused-ring (bicyclic) bond motifs is 1. The number of aryl methyl sites for hydroxylation is 2. The molecular weight excluding hydrogens is 406 g/mol. The van der Waals surface area contributed by atoms with Crippen molar-refractivity contribution in [1.82, 2.24) is 19.8 Å². The highest BCUT2D eigenvalue weighted by Crippen LogP contribution is 2.36. The van der Waals surface area contributed by atoms with E-state index in [4.69, 9.17) is 5.73 Å². The van der Waals surface area contributed by atoms with Gasteiger partial charge in [0.25, 0.3) is 0 Å². The summed E-state index contributed by atoms with van der Waals surface area (Å²) in [6.45, 7) is 5.03. The van der Waals surface area contributed by atoms with Gasteiger partial charge in [-0.25, -0.2) is 8.93 Å². The number of carbonyl (C=O) groups excluding carboxylic acids is 1. The summed E-state index contributed by atoms with van der Waals surface area (Å²) in [6.07, 6.45) is 1.15. The number of aromatic nitrogens is 2. The third-order valence-electron chi connectivity index (χ3n) is 5.28. The summed E-state index contributed by atoms with van der Waals surface area (Å²) >= 11 is 1.31. The van der Waals surface area contributed by atoms with Crippen LogP contribution in [0.3, 0.4) is 0 Å². The van der Waals surface area contributed by atoms with E-state index in [2.05, 4.69) is 14.9 Å². The number of nitrogens with one attached hydrogen (secondary N) is 1. The molecule has 2 aromatic heterocycles. The van der Waals surface area contributed by atoms with Crippen LogP contribution >= 0.6 is 11.3 Å². The van der Waals surface area contributed by atoms with Crippen molar-refractivity contribution in [1.29, 1.82) is 0 Å². The number of anilines is 1. The lowest BCUT2D eigenvalue weighted by atomic mass is 10.1. The molecule has 2 atom stereocenters. The highest BCUT2D eigenvalue weighted by molar-refractivity contribution is 7.85. The zero-order valence-corrected chi connectivity index (χ0v) is 18.0. The summed E-state index contributed by atoms with van der Waals surface area (Å²) in [7, 11) is -1.46. The van der Waals surface area contributed by atoms with Crippen molar-refractivity contribution in [2.45, 2.75) is 36.9 Å². The van der Waals surface area contributed by atoms with Gasteiger partial charge >= 0.3 is 0 Å². The van der Waals surface area contributed by atoms with Crippen LogP contribution in [-0.4, -0.2) is 44.3 Å². The molecule has 152 valence electrons. The topological polar surface area (TPSA) is 101 Å². The van der Waals surface area contributed by atoms with Gasteiger partial charge in [-0.15, -0.1) is 16.4 Å². The molecule has 0 bridgehead atoms. The number of nitrogens with zero attached hydrogens (tertiary/aromatic N) is 3. The van der Waals surface area contributed by atoms with E-state index in [9.17, 15) is 9.00 Å². The Morgan fingerprint density at radius 3 is 2.83 bits per heavy atom. The number of nitrogens with two attached hydrogens (primary N) is 1. The Morgan fingerprint density at radius 2 is 2.07 bits per heavy atom. The van der Waals surface area contributed by atoms with Crippen LogP contribution in [0.4, 0.5) is 5.69 Å². The van der Waals surface area contributed by atoms with Gasteiger partial charge in [0.15, 0.2) is 0 Å². The van der Waals surface area contributed by atoms with Crippen LogP contribution in [0.15, 0.2) is 34.5 Å². The molecule has 0 aliphatic carbocycles. The molecule has 2 unspecified atom stereocenters. The lowest BCUT2D eigenvalue weighted by Crippen LogP contribution is -2.36. The van der Waals surface area contributed by atoms with Gasteiger partial charge in [0.05, 0.1) is 17.8 Å². The van der Waals surface area contributed by atoms with Gasteiger partial charge in [-0.1, -0.05) is 30.3 Å². The first kappa shape index (κ1) is 19.9. The molecule has 1 amide bonds. The van der Waals surface area contributed by atoms with Gasteiger partial charge in [0.2, 0.25) is 5.91 Å². The normalized spacial score (nSPS) is 17.7. The Labute approximate surface area is 175 Å². The molecule has 29 heavy (non-hydrogen) atoms. The fraction of sp³-hybridized carbons (Fsp3) is 0.350. The molecule has 1 aliphatic heterocycles. The van der Waals surface area contributed by atoms with Gasteiger partial charge in [-0.2, -0.15) is 5.10 Å². The Hall–Kier alpha value is -2.36. The molecule has 1 saturated heterocycles. The molecule has 3 N–H and O–H groups in total. The summed E-state index contributed by atoms with van der Waals surface area (Å²) in [6, 6.07) is 9.68. The first-order valence-corrected chi connectivity index (χ1v) is 11.4. The lowest BCUT2D eigenvalue weighted by molar-refractivity contribution is -0.129. The Morgan fingerprint density at radius 1 is 1.31 bits per heavy atom. The highest BCUT2D eigenvalue weighted by atomic mass is 32.2. The second-order valence-electron chi connectivity index (χ2n) is 7.27. The molecule has 1 aliphatic rings. The third kappa shape index (κ3) is 4.03. The van der Waals surface area contributed by atoms with E-state index in [0.29, 0.717) is 34.2 Å². The molecule has 0 spiro atoms. The van der Waals surface area contributed by atoms with Crippen LogP contribution in [0.1, 0.15) is 23.2 Å². The number of rotatable bonds is 5. The molecule has 0 radical (unpaired) electrons. The quantitative estimate of drug-likeness (QED) is 0.648. The van der Waals surface area contributed by atoms with E-state index < -0.39 is 11.0 Å². The number of hydrogen-bond acceptors (Lipinski definition) is 6. The molecule has 4 rings (SSSR count). The van der Waals surface area contributed by atoms with E-state index in [-0.39, 0.29) is 11.9 Å². The van der Waals surface area contributed by atoms with E-state index in [1.807, 2.05) is 49.1 Å². The average Bonchev–Trinajstić information content (AvgIpc) is 3.30. The Bertz CT molecular complexity index is 1080. The standard InChI is InChI=1S/C20H23N5O2S2/c1-12-13(2)22-23-19-17(12)18(21)20(28-19)29(27)24-15-8-9-25(11-15)16(26)10-14-6-4-3-5-7-14/h3-7,15,24H,8-11,21H2,1-2H3. The smallest absolute Gasteiger partial charge is 0.227 e. The summed E-state index contributed by atoms with van der Waals surface area (Å²) < 4.78 is 16.6. The minimum Gasteiger partial charge on any atom is -0.396 e. The van der Waals surface area contributed by atoms with Crippen molar-refractivity contribution in [3.63, 3.8) is 0 Å². The minimum atomic E-state index is -1.46. The Kier molecular flexibility index (Phi) is 5.62. The number of hydrogen-bond donors (Lipinski definition) is 2. The van der Waals surface area contributed by atoms with E-state index >= 15 is 0 Å². The number of amides is 1. The second kappa shape index (κ2) is 8.17. The highest BCUT2D eigenvalue weighted by Gasteiger charge is 2.29. The zero-order chi connectivity index (χ0) is 20.5. The molecule has 3 aromatic rings. The maximum Gasteiger partial charge on any atom is 0.227 e. The molecule has 0 saturated carbocycles. The summed E-state index contributed by atoms with van der Waals surface area (Å²) in [5, 5.41) is 9.15. The van der Waals surface area contributed by atoms with Crippen LogP contribution in [-0.2, 0) is 22.2 Å². The van der Waals surface area contributed by atoms with Gasteiger partial charge < -0.3 is 10.6 Å². The number of nitrogen functional groups attached to an aromatic ring is 1. The minimum absolute atomic E-state index is 0.0333. The molecule has 9 heteroatoms. The lowest BCUT2D eigenvalue weighted by Gasteiger charge is -2.17. The first-order valence-electron chi connectivity index (χ1n) is 9.45. The average molecular weight is 430 g/mol. The van der Waals surface area contributed by atoms with Crippen molar-refractivity contribution in [3.05, 3.63) is 47.2 Å². The predicted octanol–water partition coefficient (Wildman–Crippen LogP) is 2.35. The van der Waals surface area contributed by atoms with Gasteiger partial charge in [-0.3, -0.25) is 4.79 Å². The maximum atomic E-state index is 12.9. The second-order valence-corrected chi connectivity index (χ2v) is 9.71. The molecule has 1 fully saturated rings. The van der Waals surface area contributed by atoms with E-state index in [1.54, 1.807) is 0 Å². The fourth-order valence-electron chi connectivity index (χ4n) is 3.53. The predicted molar refractivity (Wildman–Crippen MR) is 116 cm³/mol. The van der Waals surface area contributed by atoms with Gasteiger partial charge in [0.1, 0.15) is 20.0 Å². The van der Waals surface area contributed by atoms with Crippen molar-refractivity contribution < 1.29 is 9.00 Å². The summed E-state index contributed by atoms with van der Waals surface area (Å²) in [5.41, 5.74) is 9.57. The van der Waals surface area contributed by atoms with Crippen LogP contribution in [0.5, 0.6) is 0 Å². The van der Waals surface area contributed by atoms with Crippen LogP contribution in [0, 0.1) is 13.8 Å². The van der Waals surface area contributed by atoms with E-state index in [1.165, 1.54) is 11.3 Å². The number of likely N-dealkylation sites (tertiary alicyclic amines) is 1. The summed E-state index contributed by atoms with van der Waals surface area (Å²) in [5.74, 6) is 0.0917. The zero-order valence-electron chi connectivity index (χ0n) is 16.3. The van der Waals surface area contributed by atoms with Crippen molar-refractivity contribution in [2.24, 2.45) is 0 Å². The molecule has 7 nitrogen and oxygen atoms in total. The number of thiophene rings is 1. The van der Waals surface area contributed by atoms with Crippen molar-refractivity contribution in [2.75, 3.05) is 18.8 Å². The SMILES string of the molecule is Cc1nnc2sc(S(=O)NC3CCN(C(=O)Cc4ccccc4)C3)c(N)c2c1C. The monoisotopic (exact) mass is 429 g/mol.